The minimum absolute atomic E-state index is 0.0891. The highest BCUT2D eigenvalue weighted by atomic mass is 79.9. The van der Waals surface area contributed by atoms with Crippen LogP contribution >= 0.6 is 38.9 Å². The molecule has 0 spiro atoms. The molecule has 7 nitrogen and oxygen atoms in total. The number of amides is 1. The summed E-state index contributed by atoms with van der Waals surface area (Å²) in [6, 6.07) is 13.0. The van der Waals surface area contributed by atoms with E-state index in [9.17, 15) is 18.0 Å². The summed E-state index contributed by atoms with van der Waals surface area (Å²) >= 11 is 10.6. The third kappa shape index (κ3) is 5.41. The summed E-state index contributed by atoms with van der Waals surface area (Å²) in [6.45, 7) is 2.39. The number of carbonyl (C=O) groups is 1. The van der Waals surface area contributed by atoms with Gasteiger partial charge in [-0.2, -0.15) is 23.4 Å². The molecule has 13 heteroatoms. The summed E-state index contributed by atoms with van der Waals surface area (Å²) in [5.74, 6) is -0.520. The number of nitrogens with one attached hydrogen (secondary N) is 1. The normalized spacial score (nSPS) is 11.8. The van der Waals surface area contributed by atoms with Crippen LogP contribution in [0.2, 0.25) is 5.02 Å². The number of aryl methyl sites for hydroxylation is 1. The number of hydrogen-bond donors (Lipinski definition) is 1. The SMILES string of the molecule is CCc1ccc(-c2cc(C(F)(F)F)n3nc(C(=O)Nc4nn(Cc5ccc(Cl)cc5)cc4Br)cc3n2)s1. The van der Waals surface area contributed by atoms with Gasteiger partial charge in [0.15, 0.2) is 22.9 Å². The van der Waals surface area contributed by atoms with Gasteiger partial charge in [0.1, 0.15) is 0 Å². The van der Waals surface area contributed by atoms with Gasteiger partial charge in [-0.1, -0.05) is 30.7 Å². The van der Waals surface area contributed by atoms with Crippen LogP contribution in [0.25, 0.3) is 16.2 Å². The Kier molecular flexibility index (Phi) is 6.82. The molecule has 0 unspecified atom stereocenters. The third-order valence-corrected chi connectivity index (χ3v) is 7.50. The number of rotatable bonds is 6. The second kappa shape index (κ2) is 9.92. The van der Waals surface area contributed by atoms with E-state index < -0.39 is 17.8 Å². The van der Waals surface area contributed by atoms with Crippen molar-refractivity contribution < 1.29 is 18.0 Å². The third-order valence-electron chi connectivity index (χ3n) is 5.42. The summed E-state index contributed by atoms with van der Waals surface area (Å²) in [5.41, 5.74) is -0.231. The molecule has 0 aliphatic carbocycles. The predicted octanol–water partition coefficient (Wildman–Crippen LogP) is 6.95. The van der Waals surface area contributed by atoms with E-state index in [1.54, 1.807) is 29.1 Å². The van der Waals surface area contributed by atoms with Gasteiger partial charge in [-0.25, -0.2) is 9.50 Å². The van der Waals surface area contributed by atoms with Gasteiger partial charge in [0.25, 0.3) is 5.91 Å². The van der Waals surface area contributed by atoms with E-state index >= 15 is 0 Å². The lowest BCUT2D eigenvalue weighted by molar-refractivity contribution is -0.142. The van der Waals surface area contributed by atoms with Crippen molar-refractivity contribution in [1.29, 1.82) is 0 Å². The molecule has 1 aromatic carbocycles. The lowest BCUT2D eigenvalue weighted by Gasteiger charge is -2.10. The maximum atomic E-state index is 13.9. The van der Waals surface area contributed by atoms with Gasteiger partial charge in [0, 0.05) is 22.2 Å². The molecule has 0 radical (unpaired) electrons. The number of aromatic nitrogens is 5. The molecule has 4 heterocycles. The average molecular weight is 610 g/mol. The minimum atomic E-state index is -4.70. The number of anilines is 1. The Morgan fingerprint density at radius 2 is 1.89 bits per heavy atom. The molecule has 0 saturated carbocycles. The van der Waals surface area contributed by atoms with E-state index in [4.69, 9.17) is 11.6 Å². The van der Waals surface area contributed by atoms with Gasteiger partial charge in [-0.15, -0.1) is 11.3 Å². The fourth-order valence-electron chi connectivity index (χ4n) is 3.63. The van der Waals surface area contributed by atoms with Crippen molar-refractivity contribution in [3.05, 3.63) is 86.1 Å². The first kappa shape index (κ1) is 25.4. The molecule has 190 valence electrons. The number of halogens is 5. The summed E-state index contributed by atoms with van der Waals surface area (Å²) in [4.78, 5) is 18.9. The van der Waals surface area contributed by atoms with E-state index in [2.05, 4.69) is 36.4 Å². The summed E-state index contributed by atoms with van der Waals surface area (Å²) in [7, 11) is 0. The van der Waals surface area contributed by atoms with Crippen molar-refractivity contribution >= 4 is 56.2 Å². The first-order valence-electron chi connectivity index (χ1n) is 11.0. The highest BCUT2D eigenvalue weighted by Crippen LogP contribution is 2.34. The lowest BCUT2D eigenvalue weighted by atomic mass is 10.2. The van der Waals surface area contributed by atoms with Crippen molar-refractivity contribution in [1.82, 2.24) is 24.4 Å². The monoisotopic (exact) mass is 608 g/mol. The maximum Gasteiger partial charge on any atom is 0.433 e. The van der Waals surface area contributed by atoms with Gasteiger partial charge in [-0.3, -0.25) is 9.48 Å². The summed E-state index contributed by atoms with van der Waals surface area (Å²) in [6.07, 6.45) is -2.26. The molecular formula is C24H17BrClF3N6OS. The largest absolute Gasteiger partial charge is 0.433 e. The molecule has 0 saturated heterocycles. The number of alkyl halides is 3. The van der Waals surface area contributed by atoms with Crippen molar-refractivity contribution in [2.24, 2.45) is 0 Å². The Morgan fingerprint density at radius 1 is 1.14 bits per heavy atom. The number of hydrogen-bond acceptors (Lipinski definition) is 5. The molecule has 0 aliphatic heterocycles. The fraction of sp³-hybridized carbons (Fsp3) is 0.167. The van der Waals surface area contributed by atoms with Crippen LogP contribution in [-0.2, 0) is 19.1 Å². The van der Waals surface area contributed by atoms with Gasteiger partial charge >= 0.3 is 6.18 Å². The Hall–Kier alpha value is -3.22. The van der Waals surface area contributed by atoms with E-state index in [0.29, 0.717) is 25.4 Å². The van der Waals surface area contributed by atoms with E-state index in [-0.39, 0.29) is 22.9 Å². The van der Waals surface area contributed by atoms with E-state index in [1.807, 2.05) is 25.1 Å². The van der Waals surface area contributed by atoms with Crippen molar-refractivity contribution in [3.8, 4) is 10.6 Å². The summed E-state index contributed by atoms with van der Waals surface area (Å²) in [5, 5.41) is 11.5. The number of carbonyl (C=O) groups excluding carboxylic acids is 1. The zero-order chi connectivity index (χ0) is 26.3. The zero-order valence-electron chi connectivity index (χ0n) is 19.1. The van der Waals surface area contributed by atoms with Crippen molar-refractivity contribution in [2.75, 3.05) is 5.32 Å². The highest BCUT2D eigenvalue weighted by molar-refractivity contribution is 9.10. The predicted molar refractivity (Wildman–Crippen MR) is 139 cm³/mol. The van der Waals surface area contributed by atoms with Gasteiger partial charge < -0.3 is 5.32 Å². The van der Waals surface area contributed by atoms with E-state index in [0.717, 1.165) is 22.9 Å². The van der Waals surface area contributed by atoms with Crippen LogP contribution in [0.5, 0.6) is 0 Å². The maximum absolute atomic E-state index is 13.9. The number of nitrogens with zero attached hydrogens (tertiary/aromatic N) is 5. The first-order valence-corrected chi connectivity index (χ1v) is 13.0. The highest BCUT2D eigenvalue weighted by Gasteiger charge is 2.36. The zero-order valence-corrected chi connectivity index (χ0v) is 22.2. The molecule has 37 heavy (non-hydrogen) atoms. The van der Waals surface area contributed by atoms with Gasteiger partial charge in [0.2, 0.25) is 0 Å². The van der Waals surface area contributed by atoms with Gasteiger partial charge in [-0.05, 0) is 58.2 Å². The smallest absolute Gasteiger partial charge is 0.303 e. The molecule has 5 aromatic rings. The molecule has 5 rings (SSSR count). The van der Waals surface area contributed by atoms with Crippen molar-refractivity contribution in [3.63, 3.8) is 0 Å². The number of thiophene rings is 1. The van der Waals surface area contributed by atoms with Crippen molar-refractivity contribution in [2.45, 2.75) is 26.1 Å². The molecule has 0 atom stereocenters. The Labute approximate surface area is 226 Å². The molecular weight excluding hydrogens is 593 g/mol. The Bertz CT molecular complexity index is 1610. The number of fused-ring (bicyclic) bond motifs is 1. The second-order valence-electron chi connectivity index (χ2n) is 8.05. The topological polar surface area (TPSA) is 77.1 Å². The van der Waals surface area contributed by atoms with E-state index in [1.165, 1.54) is 17.4 Å². The minimum Gasteiger partial charge on any atom is -0.303 e. The number of benzene rings is 1. The Morgan fingerprint density at radius 3 is 2.57 bits per heavy atom. The van der Waals surface area contributed by atoms with Crippen LogP contribution in [0.4, 0.5) is 19.0 Å². The van der Waals surface area contributed by atoms with Crippen LogP contribution in [0.15, 0.2) is 59.2 Å². The first-order chi connectivity index (χ1) is 17.6. The molecule has 1 amide bonds. The second-order valence-corrected chi connectivity index (χ2v) is 10.5. The van der Waals surface area contributed by atoms with Crippen LogP contribution in [0.3, 0.4) is 0 Å². The van der Waals surface area contributed by atoms with Crippen LogP contribution in [0, 0.1) is 0 Å². The fourth-order valence-corrected chi connectivity index (χ4v) is 5.08. The van der Waals surface area contributed by atoms with Crippen LogP contribution in [0.1, 0.15) is 33.5 Å². The summed E-state index contributed by atoms with van der Waals surface area (Å²) < 4.78 is 44.4. The molecule has 0 aliphatic rings. The van der Waals surface area contributed by atoms with Crippen LogP contribution < -0.4 is 5.32 Å². The lowest BCUT2D eigenvalue weighted by Crippen LogP contribution is -2.16. The molecule has 0 bridgehead atoms. The molecule has 4 aromatic heterocycles. The average Bonchev–Trinajstić information content (AvgIpc) is 3.58. The van der Waals surface area contributed by atoms with Gasteiger partial charge in [0.05, 0.1) is 21.6 Å². The molecule has 0 fully saturated rings. The van der Waals surface area contributed by atoms with Crippen LogP contribution in [-0.4, -0.2) is 30.3 Å². The standard InChI is InChI=1S/C24H17BrClF3N6OS/c1-2-15-7-8-19(37-15)17-9-20(24(27,28)29)35-21(30-17)10-18(32-35)23(36)31-22-16(25)12-34(33-22)11-13-3-5-14(26)6-4-13/h3-10,12H,2,11H2,1H3,(H,31,33,36). The molecule has 1 N–H and O–H groups in total. The Balaban J connectivity index is 1.44. The quantitative estimate of drug-likeness (QED) is 0.226.